The number of benzene rings is 1. The summed E-state index contributed by atoms with van der Waals surface area (Å²) >= 11 is 5.12. The fourth-order valence-corrected chi connectivity index (χ4v) is 3.53. The third-order valence-electron chi connectivity index (χ3n) is 5.08. The van der Waals surface area contributed by atoms with Crippen LogP contribution < -0.4 is 15.1 Å². The molecule has 2 saturated heterocycles. The van der Waals surface area contributed by atoms with E-state index in [1.54, 1.807) is 12.1 Å². The molecule has 6 nitrogen and oxygen atoms in total. The lowest BCUT2D eigenvalue weighted by molar-refractivity contribution is 0.143. The number of ether oxygens (including phenoxy) is 1. The number of hydrogen-bond acceptors (Lipinski definition) is 5. The molecule has 0 saturated carbocycles. The number of thiocarbonyl (C=S) groups is 1. The van der Waals surface area contributed by atoms with Crippen molar-refractivity contribution in [2.75, 3.05) is 62.3 Å². The summed E-state index contributed by atoms with van der Waals surface area (Å²) in [5.41, 5.74) is 0.977. The predicted molar refractivity (Wildman–Crippen MR) is 110 cm³/mol. The van der Waals surface area contributed by atoms with Crippen molar-refractivity contribution in [3.63, 3.8) is 0 Å². The summed E-state index contributed by atoms with van der Waals surface area (Å²) in [6.45, 7) is 5.50. The Morgan fingerprint density at radius 1 is 1.32 bits per heavy atom. The molecule has 2 aliphatic heterocycles. The molecular formula is C19H26F2N4O2S. The van der Waals surface area contributed by atoms with Crippen LogP contribution in [0.15, 0.2) is 18.2 Å². The molecule has 2 fully saturated rings. The highest BCUT2D eigenvalue weighted by atomic mass is 32.1. The molecule has 0 spiro atoms. The molecule has 1 aromatic carbocycles. The number of carbonyl (C=O) groups is 1. The Balaban J connectivity index is 1.61. The lowest BCUT2D eigenvalue weighted by Crippen LogP contribution is -2.47. The Kier molecular flexibility index (Phi) is 7.01. The van der Waals surface area contributed by atoms with Gasteiger partial charge in [-0.2, -0.15) is 0 Å². The van der Waals surface area contributed by atoms with Gasteiger partial charge in [-0.3, -0.25) is 9.80 Å². The van der Waals surface area contributed by atoms with Crippen molar-refractivity contribution >= 4 is 34.7 Å². The van der Waals surface area contributed by atoms with E-state index in [0.29, 0.717) is 57.2 Å². The maximum atomic E-state index is 14.7. The highest BCUT2D eigenvalue weighted by molar-refractivity contribution is 7.80. The molecule has 3 rings (SSSR count). The molecule has 9 heteroatoms. The van der Waals surface area contributed by atoms with Crippen LogP contribution in [-0.2, 0) is 4.74 Å². The van der Waals surface area contributed by atoms with E-state index < -0.39 is 6.09 Å². The summed E-state index contributed by atoms with van der Waals surface area (Å²) in [5, 5.41) is 3.06. The normalized spacial score (nSPS) is 20.4. The number of halogens is 2. The van der Waals surface area contributed by atoms with E-state index in [2.05, 4.69) is 5.32 Å². The zero-order valence-corrected chi connectivity index (χ0v) is 16.8. The van der Waals surface area contributed by atoms with Crippen LogP contribution in [0, 0.1) is 5.82 Å². The molecule has 0 aromatic heterocycles. The third-order valence-corrected chi connectivity index (χ3v) is 5.51. The molecule has 0 radical (unpaired) electrons. The molecule has 2 aliphatic rings. The number of rotatable bonds is 7. The Hall–Kier alpha value is -2.00. The second-order valence-electron chi connectivity index (χ2n) is 6.93. The minimum absolute atomic E-state index is 0.330. The minimum atomic E-state index is -0.485. The number of amides is 1. The summed E-state index contributed by atoms with van der Waals surface area (Å²) in [4.78, 5) is 18.3. The topological polar surface area (TPSA) is 48.0 Å². The van der Waals surface area contributed by atoms with Crippen molar-refractivity contribution in [1.29, 1.82) is 0 Å². The number of piperazine rings is 1. The van der Waals surface area contributed by atoms with Crippen molar-refractivity contribution in [1.82, 2.24) is 10.2 Å². The van der Waals surface area contributed by atoms with Gasteiger partial charge < -0.3 is 15.0 Å². The quantitative estimate of drug-likeness (QED) is 0.695. The molecule has 1 aromatic rings. The van der Waals surface area contributed by atoms with Gasteiger partial charge in [0.15, 0.2) is 0 Å². The van der Waals surface area contributed by atoms with E-state index >= 15 is 0 Å². The average molecular weight is 413 g/mol. The molecule has 0 unspecified atom stereocenters. The van der Waals surface area contributed by atoms with E-state index in [1.165, 1.54) is 11.0 Å². The van der Waals surface area contributed by atoms with Crippen LogP contribution in [0.3, 0.4) is 0 Å². The van der Waals surface area contributed by atoms with Crippen LogP contribution in [0.4, 0.5) is 25.0 Å². The monoisotopic (exact) mass is 412 g/mol. The van der Waals surface area contributed by atoms with E-state index in [1.807, 2.05) is 16.7 Å². The second-order valence-corrected chi connectivity index (χ2v) is 7.42. The number of nitrogens with zero attached hydrogens (tertiary/aromatic N) is 3. The Morgan fingerprint density at radius 3 is 2.71 bits per heavy atom. The van der Waals surface area contributed by atoms with Gasteiger partial charge in [-0.25, -0.2) is 13.6 Å². The first-order valence-corrected chi connectivity index (χ1v) is 10.00. The van der Waals surface area contributed by atoms with Crippen molar-refractivity contribution in [2.24, 2.45) is 0 Å². The van der Waals surface area contributed by atoms with Gasteiger partial charge >= 0.3 is 6.09 Å². The number of nitrogens with one attached hydrogen (secondary N) is 1. The van der Waals surface area contributed by atoms with Crippen molar-refractivity contribution < 1.29 is 18.3 Å². The number of anilines is 2. The summed E-state index contributed by atoms with van der Waals surface area (Å²) in [5.74, 6) is -0.377. The van der Waals surface area contributed by atoms with Gasteiger partial charge in [0.25, 0.3) is 0 Å². The van der Waals surface area contributed by atoms with Crippen LogP contribution in [0.1, 0.15) is 13.3 Å². The van der Waals surface area contributed by atoms with Gasteiger partial charge in [-0.1, -0.05) is 19.1 Å². The van der Waals surface area contributed by atoms with Gasteiger partial charge in [0, 0.05) is 32.7 Å². The molecule has 28 heavy (non-hydrogen) atoms. The van der Waals surface area contributed by atoms with Gasteiger partial charge in [0.05, 0.1) is 29.5 Å². The largest absolute Gasteiger partial charge is 0.442 e. The van der Waals surface area contributed by atoms with Gasteiger partial charge in [0.1, 0.15) is 18.6 Å². The van der Waals surface area contributed by atoms with Crippen LogP contribution in [-0.4, -0.2) is 74.6 Å². The summed E-state index contributed by atoms with van der Waals surface area (Å²) in [6.07, 6.45) is -0.0847. The smallest absolute Gasteiger partial charge is 0.414 e. The first-order valence-electron chi connectivity index (χ1n) is 9.59. The SMILES string of the molecule is CCC(=S)NC[C@H]1CN(c2ccc(N3CCN(CCF)CC3)c(F)c2)C(=O)O1. The van der Waals surface area contributed by atoms with Crippen LogP contribution >= 0.6 is 12.2 Å². The molecule has 0 bridgehead atoms. The number of cyclic esters (lactones) is 1. The first-order chi connectivity index (χ1) is 13.5. The maximum absolute atomic E-state index is 14.7. The molecule has 0 aliphatic carbocycles. The highest BCUT2D eigenvalue weighted by Gasteiger charge is 2.33. The van der Waals surface area contributed by atoms with Crippen molar-refractivity contribution in [3.05, 3.63) is 24.0 Å². The van der Waals surface area contributed by atoms with E-state index in [9.17, 15) is 13.6 Å². The van der Waals surface area contributed by atoms with Gasteiger partial charge in [-0.15, -0.1) is 0 Å². The fourth-order valence-electron chi connectivity index (χ4n) is 3.44. The highest BCUT2D eigenvalue weighted by Crippen LogP contribution is 2.28. The zero-order valence-electron chi connectivity index (χ0n) is 16.0. The summed E-state index contributed by atoms with van der Waals surface area (Å²) < 4.78 is 32.5. The number of carbonyl (C=O) groups excluding carboxylic acids is 1. The number of hydrogen-bond donors (Lipinski definition) is 1. The Labute approximate surface area is 169 Å². The molecule has 1 N–H and O–H groups in total. The lowest BCUT2D eigenvalue weighted by Gasteiger charge is -2.35. The molecular weight excluding hydrogens is 386 g/mol. The van der Waals surface area contributed by atoms with Crippen LogP contribution in [0.5, 0.6) is 0 Å². The second kappa shape index (κ2) is 9.47. The van der Waals surface area contributed by atoms with Crippen LogP contribution in [0.25, 0.3) is 0 Å². The summed E-state index contributed by atoms with van der Waals surface area (Å²) in [6, 6.07) is 4.80. The van der Waals surface area contributed by atoms with Crippen LogP contribution in [0.2, 0.25) is 0 Å². The van der Waals surface area contributed by atoms with Gasteiger partial charge in [-0.05, 0) is 24.6 Å². The van der Waals surface area contributed by atoms with Gasteiger partial charge in [0.2, 0.25) is 0 Å². The zero-order chi connectivity index (χ0) is 20.1. The Bertz CT molecular complexity index is 713. The molecule has 1 amide bonds. The molecule has 1 atom stereocenters. The summed E-state index contributed by atoms with van der Waals surface area (Å²) in [7, 11) is 0. The average Bonchev–Trinajstić information content (AvgIpc) is 3.07. The van der Waals surface area contributed by atoms with Crippen molar-refractivity contribution in [2.45, 2.75) is 19.4 Å². The third kappa shape index (κ3) is 4.88. The maximum Gasteiger partial charge on any atom is 0.414 e. The molecule has 154 valence electrons. The van der Waals surface area contributed by atoms with E-state index in [-0.39, 0.29) is 18.6 Å². The van der Waals surface area contributed by atoms with E-state index in [0.717, 1.165) is 11.4 Å². The lowest BCUT2D eigenvalue weighted by atomic mass is 10.2. The van der Waals surface area contributed by atoms with E-state index in [4.69, 9.17) is 17.0 Å². The minimum Gasteiger partial charge on any atom is -0.442 e. The number of alkyl halides is 1. The first kappa shape index (κ1) is 20.7. The fraction of sp³-hybridized carbons (Fsp3) is 0.579. The van der Waals surface area contributed by atoms with Crippen molar-refractivity contribution in [3.8, 4) is 0 Å². The standard InChI is InChI=1S/C19H26F2N4O2S/c1-2-18(28)22-12-15-13-25(19(26)27-15)14-3-4-17(16(21)11-14)24-9-7-23(6-5-20)8-10-24/h3-4,11,15H,2,5-10,12-13H2,1H3,(H,22,28)/t15-/m0/s1. The predicted octanol–water partition coefficient (Wildman–Crippen LogP) is 2.57. The Morgan fingerprint density at radius 2 is 2.07 bits per heavy atom. The molecule has 2 heterocycles.